The minimum atomic E-state index is -0.923. The van der Waals surface area contributed by atoms with Gasteiger partial charge in [0, 0.05) is 0 Å². The van der Waals surface area contributed by atoms with Gasteiger partial charge in [-0.25, -0.2) is 4.79 Å². The van der Waals surface area contributed by atoms with Crippen LogP contribution in [0, 0.1) is 0 Å². The van der Waals surface area contributed by atoms with Gasteiger partial charge in [0.15, 0.2) is 0 Å². The normalized spacial score (nSPS) is 9.14. The number of benzene rings is 1. The second kappa shape index (κ2) is 8.00. The van der Waals surface area contributed by atoms with Crippen molar-refractivity contribution in [3.05, 3.63) is 35.9 Å². The molecule has 1 aromatic rings. The Morgan fingerprint density at radius 1 is 1.29 bits per heavy atom. The molecule has 0 atom stereocenters. The molecular formula is C10H13NaO3. The number of aliphatic carboxylic acids is 1. The van der Waals surface area contributed by atoms with Crippen molar-refractivity contribution < 1.29 is 14.6 Å². The van der Waals surface area contributed by atoms with E-state index < -0.39 is 5.97 Å². The van der Waals surface area contributed by atoms with E-state index in [-0.39, 0.29) is 36.2 Å². The zero-order valence-electron chi connectivity index (χ0n) is 7.27. The van der Waals surface area contributed by atoms with E-state index in [1.807, 2.05) is 30.3 Å². The van der Waals surface area contributed by atoms with Crippen LogP contribution in [-0.4, -0.2) is 53.8 Å². The fraction of sp³-hybridized carbons (Fsp3) is 0.300. The molecule has 0 aromatic heterocycles. The molecule has 1 rings (SSSR count). The van der Waals surface area contributed by atoms with Crippen LogP contribution in [0.25, 0.3) is 0 Å². The van der Waals surface area contributed by atoms with Gasteiger partial charge in [-0.3, -0.25) is 0 Å². The first-order valence-electron chi connectivity index (χ1n) is 4.12. The molecule has 14 heavy (non-hydrogen) atoms. The van der Waals surface area contributed by atoms with Crippen LogP contribution >= 0.6 is 0 Å². The summed E-state index contributed by atoms with van der Waals surface area (Å²) in [5, 5.41) is 8.29. The molecule has 0 spiro atoms. The number of carboxylic acid groups (broad SMARTS) is 1. The van der Waals surface area contributed by atoms with Gasteiger partial charge in [-0.2, -0.15) is 0 Å². The Hall–Kier alpha value is -0.350. The molecule has 1 aromatic carbocycles. The van der Waals surface area contributed by atoms with Gasteiger partial charge < -0.3 is 9.84 Å². The van der Waals surface area contributed by atoms with Gasteiger partial charge in [-0.05, 0) is 12.0 Å². The molecule has 0 aliphatic heterocycles. The van der Waals surface area contributed by atoms with Gasteiger partial charge in [0.1, 0.15) is 6.61 Å². The molecule has 0 bridgehead atoms. The van der Waals surface area contributed by atoms with Crippen molar-refractivity contribution in [2.75, 3.05) is 13.2 Å². The van der Waals surface area contributed by atoms with E-state index in [0.717, 1.165) is 12.0 Å². The molecular weight excluding hydrogens is 191 g/mol. The first kappa shape index (κ1) is 13.7. The van der Waals surface area contributed by atoms with Gasteiger partial charge in [-0.15, -0.1) is 0 Å². The monoisotopic (exact) mass is 204 g/mol. The Labute approximate surface area is 105 Å². The Bertz CT molecular complexity index is 261. The molecule has 4 heteroatoms. The zero-order chi connectivity index (χ0) is 9.52. The Kier molecular flexibility index (Phi) is 7.80. The first-order valence-corrected chi connectivity index (χ1v) is 4.12. The summed E-state index contributed by atoms with van der Waals surface area (Å²) in [6, 6.07) is 9.83. The Balaban J connectivity index is 0.00000169. The van der Waals surface area contributed by atoms with Crippen LogP contribution < -0.4 is 0 Å². The molecule has 0 amide bonds. The van der Waals surface area contributed by atoms with Crippen molar-refractivity contribution in [3.63, 3.8) is 0 Å². The van der Waals surface area contributed by atoms with E-state index in [2.05, 4.69) is 0 Å². The van der Waals surface area contributed by atoms with Crippen molar-refractivity contribution in [1.82, 2.24) is 0 Å². The summed E-state index contributed by atoms with van der Waals surface area (Å²) >= 11 is 0. The van der Waals surface area contributed by atoms with Crippen LogP contribution in [0.4, 0.5) is 0 Å². The van der Waals surface area contributed by atoms with Crippen molar-refractivity contribution in [1.29, 1.82) is 0 Å². The third kappa shape index (κ3) is 6.16. The standard InChI is InChI=1S/C10H12O3.Na.H/c11-10(12)8-13-7-6-9-4-2-1-3-5-9;;/h1-5H,6-8H2,(H,11,12);;. The van der Waals surface area contributed by atoms with Gasteiger partial charge in [0.05, 0.1) is 6.61 Å². The topological polar surface area (TPSA) is 46.5 Å². The van der Waals surface area contributed by atoms with Gasteiger partial charge in [-0.1, -0.05) is 30.3 Å². The third-order valence-corrected chi connectivity index (χ3v) is 1.60. The number of carbonyl (C=O) groups is 1. The molecule has 3 nitrogen and oxygen atoms in total. The zero-order valence-corrected chi connectivity index (χ0v) is 7.27. The molecule has 0 radical (unpaired) electrons. The van der Waals surface area contributed by atoms with Gasteiger partial charge in [0.2, 0.25) is 0 Å². The minimum absolute atomic E-state index is 0. The van der Waals surface area contributed by atoms with Crippen molar-refractivity contribution in [3.8, 4) is 0 Å². The summed E-state index contributed by atoms with van der Waals surface area (Å²) in [4.78, 5) is 10.1. The van der Waals surface area contributed by atoms with Crippen LogP contribution in [0.15, 0.2) is 30.3 Å². The molecule has 0 heterocycles. The molecule has 0 saturated heterocycles. The van der Waals surface area contributed by atoms with E-state index in [1.165, 1.54) is 0 Å². The fourth-order valence-electron chi connectivity index (χ4n) is 0.994. The summed E-state index contributed by atoms with van der Waals surface area (Å²) < 4.78 is 4.90. The Morgan fingerprint density at radius 2 is 1.93 bits per heavy atom. The summed E-state index contributed by atoms with van der Waals surface area (Å²) in [5.41, 5.74) is 1.16. The second-order valence-electron chi connectivity index (χ2n) is 2.68. The summed E-state index contributed by atoms with van der Waals surface area (Å²) in [6.07, 6.45) is 0.758. The maximum atomic E-state index is 10.1. The Morgan fingerprint density at radius 3 is 2.50 bits per heavy atom. The number of hydrogen-bond acceptors (Lipinski definition) is 2. The summed E-state index contributed by atoms with van der Waals surface area (Å²) in [7, 11) is 0. The SMILES string of the molecule is O=C(O)COCCc1ccccc1.[NaH]. The number of hydrogen-bond donors (Lipinski definition) is 1. The van der Waals surface area contributed by atoms with Crippen molar-refractivity contribution in [2.24, 2.45) is 0 Å². The molecule has 0 fully saturated rings. The van der Waals surface area contributed by atoms with Crippen molar-refractivity contribution in [2.45, 2.75) is 6.42 Å². The average molecular weight is 204 g/mol. The predicted octanol–water partition coefficient (Wildman–Crippen LogP) is 0.682. The maximum absolute atomic E-state index is 10.1. The van der Waals surface area contributed by atoms with E-state index in [4.69, 9.17) is 9.84 Å². The summed E-state index contributed by atoms with van der Waals surface area (Å²) in [6.45, 7) is 0.239. The molecule has 0 aliphatic carbocycles. The fourth-order valence-corrected chi connectivity index (χ4v) is 0.994. The van der Waals surface area contributed by atoms with Crippen molar-refractivity contribution >= 4 is 35.5 Å². The number of ether oxygens (including phenoxy) is 1. The van der Waals surface area contributed by atoms with E-state index in [0.29, 0.717) is 6.61 Å². The van der Waals surface area contributed by atoms with Crippen LogP contribution in [0.1, 0.15) is 5.56 Å². The van der Waals surface area contributed by atoms with Crippen LogP contribution in [0.5, 0.6) is 0 Å². The number of rotatable bonds is 5. The van der Waals surface area contributed by atoms with Crippen LogP contribution in [0.2, 0.25) is 0 Å². The quantitative estimate of drug-likeness (QED) is 0.566. The summed E-state index contributed by atoms with van der Waals surface area (Å²) in [5.74, 6) is -0.923. The molecule has 72 valence electrons. The van der Waals surface area contributed by atoms with Gasteiger partial charge in [0.25, 0.3) is 0 Å². The average Bonchev–Trinajstić information content (AvgIpc) is 2.14. The van der Waals surface area contributed by atoms with E-state index in [1.54, 1.807) is 0 Å². The van der Waals surface area contributed by atoms with E-state index >= 15 is 0 Å². The predicted molar refractivity (Wildman–Crippen MR) is 55.7 cm³/mol. The van der Waals surface area contributed by atoms with Crippen LogP contribution in [-0.2, 0) is 16.0 Å². The van der Waals surface area contributed by atoms with E-state index in [9.17, 15) is 4.79 Å². The molecule has 1 N–H and O–H groups in total. The van der Waals surface area contributed by atoms with Crippen LogP contribution in [0.3, 0.4) is 0 Å². The third-order valence-electron chi connectivity index (χ3n) is 1.60. The first-order chi connectivity index (χ1) is 6.29. The molecule has 0 saturated carbocycles. The number of carboxylic acids is 1. The molecule has 0 aliphatic rings. The second-order valence-corrected chi connectivity index (χ2v) is 2.68. The van der Waals surface area contributed by atoms with Gasteiger partial charge >= 0.3 is 35.5 Å². The molecule has 0 unspecified atom stereocenters.